The molecular formula is C10H17ClN2O. The van der Waals surface area contributed by atoms with Gasteiger partial charge in [0.2, 0.25) is 0 Å². The first-order chi connectivity index (χ1) is 6.76. The van der Waals surface area contributed by atoms with E-state index in [1.807, 2.05) is 24.0 Å². The van der Waals surface area contributed by atoms with Crippen LogP contribution < -0.4 is 0 Å². The number of aliphatic hydroxyl groups excluding tert-OH is 1. The topological polar surface area (TPSA) is 38.0 Å². The second-order valence-corrected chi connectivity index (χ2v) is 3.77. The molecule has 14 heavy (non-hydrogen) atoms. The van der Waals surface area contributed by atoms with Gasteiger partial charge in [-0.3, -0.25) is 4.68 Å². The van der Waals surface area contributed by atoms with Crippen molar-refractivity contribution in [3.8, 4) is 0 Å². The molecule has 0 radical (unpaired) electrons. The zero-order valence-electron chi connectivity index (χ0n) is 8.49. The quantitative estimate of drug-likeness (QED) is 0.737. The first-order valence-electron chi connectivity index (χ1n) is 5.01. The summed E-state index contributed by atoms with van der Waals surface area (Å²) in [6.07, 6.45) is 5.81. The van der Waals surface area contributed by atoms with Gasteiger partial charge in [0.05, 0.1) is 12.3 Å². The summed E-state index contributed by atoms with van der Waals surface area (Å²) >= 11 is 5.55. The number of rotatable bonds is 6. The molecule has 1 rings (SSSR count). The largest absolute Gasteiger partial charge is 0.393 e. The Balaban J connectivity index is 2.35. The molecule has 1 heterocycles. The lowest BCUT2D eigenvalue weighted by molar-refractivity contribution is 0.164. The summed E-state index contributed by atoms with van der Waals surface area (Å²) in [5, 5.41) is 13.8. The normalized spacial score (nSPS) is 13.1. The number of nitrogens with zero attached hydrogens (tertiary/aromatic N) is 2. The fourth-order valence-electron chi connectivity index (χ4n) is 1.37. The molecule has 0 aromatic carbocycles. The van der Waals surface area contributed by atoms with Crippen LogP contribution in [0, 0.1) is 0 Å². The molecule has 4 heteroatoms. The maximum atomic E-state index is 9.62. The van der Waals surface area contributed by atoms with Crippen LogP contribution in [0.1, 0.15) is 25.3 Å². The minimum atomic E-state index is -0.289. The Labute approximate surface area is 89.7 Å². The number of hydrogen-bond donors (Lipinski definition) is 1. The molecule has 0 saturated carbocycles. The van der Waals surface area contributed by atoms with Crippen LogP contribution in [0.15, 0.2) is 12.4 Å². The Morgan fingerprint density at radius 2 is 2.43 bits per heavy atom. The van der Waals surface area contributed by atoms with Crippen molar-refractivity contribution in [2.45, 2.75) is 38.8 Å². The van der Waals surface area contributed by atoms with Gasteiger partial charge in [-0.2, -0.15) is 5.10 Å². The van der Waals surface area contributed by atoms with E-state index in [-0.39, 0.29) is 6.10 Å². The molecule has 3 nitrogen and oxygen atoms in total. The van der Waals surface area contributed by atoms with Crippen molar-refractivity contribution in [2.24, 2.45) is 0 Å². The van der Waals surface area contributed by atoms with Gasteiger partial charge in [-0.05, 0) is 25.3 Å². The van der Waals surface area contributed by atoms with E-state index in [2.05, 4.69) is 5.10 Å². The van der Waals surface area contributed by atoms with Gasteiger partial charge in [-0.15, -0.1) is 11.6 Å². The van der Waals surface area contributed by atoms with Gasteiger partial charge in [-0.1, -0.05) is 0 Å². The highest BCUT2D eigenvalue weighted by atomic mass is 35.5. The molecule has 1 unspecified atom stereocenters. The van der Waals surface area contributed by atoms with E-state index in [9.17, 15) is 5.11 Å². The number of aryl methyl sites for hydroxylation is 1. The van der Waals surface area contributed by atoms with E-state index < -0.39 is 0 Å². The van der Waals surface area contributed by atoms with Gasteiger partial charge in [-0.25, -0.2) is 0 Å². The fourth-order valence-corrected chi connectivity index (χ4v) is 1.53. The first kappa shape index (κ1) is 11.5. The third-order valence-corrected chi connectivity index (χ3v) is 2.42. The van der Waals surface area contributed by atoms with Gasteiger partial charge < -0.3 is 5.11 Å². The van der Waals surface area contributed by atoms with Gasteiger partial charge in [0.25, 0.3) is 0 Å². The molecule has 1 aromatic heterocycles. The molecule has 0 saturated heterocycles. The summed E-state index contributed by atoms with van der Waals surface area (Å²) in [4.78, 5) is 0. The van der Waals surface area contributed by atoms with Crippen molar-refractivity contribution in [3.05, 3.63) is 18.0 Å². The minimum absolute atomic E-state index is 0.289. The third kappa shape index (κ3) is 3.68. The van der Waals surface area contributed by atoms with Crippen LogP contribution in [0.2, 0.25) is 0 Å². The predicted molar refractivity (Wildman–Crippen MR) is 57.6 cm³/mol. The van der Waals surface area contributed by atoms with Crippen molar-refractivity contribution < 1.29 is 5.11 Å². The lowest BCUT2D eigenvalue weighted by Crippen LogP contribution is -2.10. The van der Waals surface area contributed by atoms with Crippen LogP contribution in [-0.4, -0.2) is 26.9 Å². The molecule has 0 aliphatic carbocycles. The molecule has 80 valence electrons. The average molecular weight is 217 g/mol. The number of aliphatic hydroxyl groups is 1. The highest BCUT2D eigenvalue weighted by molar-refractivity contribution is 6.17. The van der Waals surface area contributed by atoms with Crippen molar-refractivity contribution >= 4 is 11.6 Å². The van der Waals surface area contributed by atoms with Crippen LogP contribution in [0.3, 0.4) is 0 Å². The number of alkyl halides is 1. The second-order valence-electron chi connectivity index (χ2n) is 3.39. The molecule has 0 aliphatic rings. The predicted octanol–water partition coefficient (Wildman–Crippen LogP) is 1.83. The van der Waals surface area contributed by atoms with E-state index in [1.54, 1.807) is 0 Å². The smallest absolute Gasteiger partial charge is 0.0582 e. The van der Waals surface area contributed by atoms with E-state index in [1.165, 1.54) is 0 Å². The molecule has 0 amide bonds. The molecule has 0 bridgehead atoms. The van der Waals surface area contributed by atoms with E-state index in [4.69, 9.17) is 11.6 Å². The average Bonchev–Trinajstić information content (AvgIpc) is 2.62. The fraction of sp³-hybridized carbons (Fsp3) is 0.700. The van der Waals surface area contributed by atoms with Crippen LogP contribution in [0.4, 0.5) is 0 Å². The Morgan fingerprint density at radius 3 is 3.00 bits per heavy atom. The van der Waals surface area contributed by atoms with Crippen LogP contribution >= 0.6 is 11.6 Å². The minimum Gasteiger partial charge on any atom is -0.393 e. The van der Waals surface area contributed by atoms with Crippen molar-refractivity contribution in [3.63, 3.8) is 0 Å². The Kier molecular flexibility index (Phi) is 4.98. The van der Waals surface area contributed by atoms with Gasteiger partial charge in [0.1, 0.15) is 0 Å². The zero-order chi connectivity index (χ0) is 10.4. The summed E-state index contributed by atoms with van der Waals surface area (Å²) < 4.78 is 1.86. The van der Waals surface area contributed by atoms with Crippen molar-refractivity contribution in [2.75, 3.05) is 5.88 Å². The van der Waals surface area contributed by atoms with Crippen LogP contribution in [0.25, 0.3) is 0 Å². The number of halogens is 1. The Morgan fingerprint density at radius 1 is 1.64 bits per heavy atom. The Hall–Kier alpha value is -0.540. The second kappa shape index (κ2) is 6.04. The standard InChI is InChI=1S/C10H17ClN2O/c1-2-13-8-9(7-12-13)6-10(14)4-3-5-11/h7-8,10,14H,2-6H2,1H3. The monoisotopic (exact) mass is 216 g/mol. The van der Waals surface area contributed by atoms with Gasteiger partial charge in [0, 0.05) is 25.0 Å². The summed E-state index contributed by atoms with van der Waals surface area (Å²) in [6.45, 7) is 2.92. The molecular weight excluding hydrogens is 200 g/mol. The van der Waals surface area contributed by atoms with Gasteiger partial charge in [0.15, 0.2) is 0 Å². The molecule has 0 spiro atoms. The SMILES string of the molecule is CCn1cc(CC(O)CCCCl)cn1. The highest BCUT2D eigenvalue weighted by Gasteiger charge is 2.06. The summed E-state index contributed by atoms with van der Waals surface area (Å²) in [6, 6.07) is 0. The van der Waals surface area contributed by atoms with Gasteiger partial charge >= 0.3 is 0 Å². The summed E-state index contributed by atoms with van der Waals surface area (Å²) in [7, 11) is 0. The van der Waals surface area contributed by atoms with E-state index in [0.29, 0.717) is 12.3 Å². The molecule has 1 atom stereocenters. The highest BCUT2D eigenvalue weighted by Crippen LogP contribution is 2.07. The van der Waals surface area contributed by atoms with Crippen LogP contribution in [-0.2, 0) is 13.0 Å². The third-order valence-electron chi connectivity index (χ3n) is 2.15. The van der Waals surface area contributed by atoms with E-state index in [0.717, 1.165) is 24.9 Å². The maximum Gasteiger partial charge on any atom is 0.0582 e. The number of hydrogen-bond acceptors (Lipinski definition) is 2. The summed E-state index contributed by atoms with van der Waals surface area (Å²) in [5.41, 5.74) is 1.09. The lowest BCUT2D eigenvalue weighted by atomic mass is 10.1. The molecule has 1 N–H and O–H groups in total. The maximum absolute atomic E-state index is 9.62. The van der Waals surface area contributed by atoms with Crippen molar-refractivity contribution in [1.29, 1.82) is 0 Å². The van der Waals surface area contributed by atoms with Crippen LogP contribution in [0.5, 0.6) is 0 Å². The van der Waals surface area contributed by atoms with Crippen molar-refractivity contribution in [1.82, 2.24) is 9.78 Å². The molecule has 1 aromatic rings. The lowest BCUT2D eigenvalue weighted by Gasteiger charge is -2.06. The Bertz CT molecular complexity index is 262. The molecule has 0 aliphatic heterocycles. The van der Waals surface area contributed by atoms with E-state index >= 15 is 0 Å². The zero-order valence-corrected chi connectivity index (χ0v) is 9.24. The number of aromatic nitrogens is 2. The first-order valence-corrected chi connectivity index (χ1v) is 5.55. The molecule has 0 fully saturated rings. The summed E-state index contributed by atoms with van der Waals surface area (Å²) in [5.74, 6) is 0.616.